The van der Waals surface area contributed by atoms with Gasteiger partial charge in [0, 0.05) is 13.0 Å². The van der Waals surface area contributed by atoms with E-state index in [-0.39, 0.29) is 24.8 Å². The highest BCUT2D eigenvalue weighted by molar-refractivity contribution is 6.06. The van der Waals surface area contributed by atoms with Gasteiger partial charge in [-0.15, -0.1) is 0 Å². The number of carbonyl (C=O) groups is 3. The normalized spacial score (nSPS) is 16.2. The Morgan fingerprint density at radius 2 is 2.00 bits per heavy atom. The lowest BCUT2D eigenvalue weighted by Gasteiger charge is -2.15. The van der Waals surface area contributed by atoms with Crippen molar-refractivity contribution in [2.45, 2.75) is 32.7 Å². The predicted octanol–water partition coefficient (Wildman–Crippen LogP) is 1.26. The maximum absolute atomic E-state index is 12.0. The molecule has 1 aromatic rings. The number of hydrazone groups is 1. The highest BCUT2D eigenvalue weighted by atomic mass is 16.5. The summed E-state index contributed by atoms with van der Waals surface area (Å²) in [4.78, 5) is 36.5. The van der Waals surface area contributed by atoms with Gasteiger partial charge in [0.25, 0.3) is 5.91 Å². The molecule has 2 N–H and O–H groups in total. The molecule has 0 aromatic heterocycles. The monoisotopic (exact) mass is 346 g/mol. The lowest BCUT2D eigenvalue weighted by molar-refractivity contribution is -0.130. The van der Waals surface area contributed by atoms with E-state index in [0.717, 1.165) is 16.2 Å². The number of nitrogens with one attached hydrogen (secondary N) is 2. The van der Waals surface area contributed by atoms with Crippen molar-refractivity contribution in [2.75, 3.05) is 13.2 Å². The SMILES string of the molecule is CCOc1ccc(/C=N\NC(=O)CCN2C(=O)NC(C)(C)C2=O)cc1. The molecular formula is C17H22N4O4. The molecule has 0 radical (unpaired) electrons. The minimum Gasteiger partial charge on any atom is -0.494 e. The molecule has 2 rings (SSSR count). The van der Waals surface area contributed by atoms with E-state index in [1.54, 1.807) is 13.8 Å². The van der Waals surface area contributed by atoms with Crippen LogP contribution in [0.15, 0.2) is 29.4 Å². The molecular weight excluding hydrogens is 324 g/mol. The van der Waals surface area contributed by atoms with Gasteiger partial charge in [-0.3, -0.25) is 14.5 Å². The Balaban J connectivity index is 1.79. The van der Waals surface area contributed by atoms with Crippen LogP contribution in [0.2, 0.25) is 0 Å². The summed E-state index contributed by atoms with van der Waals surface area (Å²) in [5.74, 6) is 0.0378. The van der Waals surface area contributed by atoms with Crippen LogP contribution in [0.25, 0.3) is 0 Å². The first-order valence-electron chi connectivity index (χ1n) is 8.02. The zero-order valence-electron chi connectivity index (χ0n) is 14.5. The molecule has 8 heteroatoms. The Kier molecular flexibility index (Phi) is 5.74. The third-order valence-corrected chi connectivity index (χ3v) is 3.60. The van der Waals surface area contributed by atoms with Crippen molar-refractivity contribution in [3.8, 4) is 5.75 Å². The number of imide groups is 1. The maximum Gasteiger partial charge on any atom is 0.325 e. The fraction of sp³-hybridized carbons (Fsp3) is 0.412. The van der Waals surface area contributed by atoms with Gasteiger partial charge in [-0.05, 0) is 50.6 Å². The van der Waals surface area contributed by atoms with E-state index in [4.69, 9.17) is 4.74 Å². The molecule has 0 bridgehead atoms. The average Bonchev–Trinajstić information content (AvgIpc) is 2.75. The number of hydrogen-bond acceptors (Lipinski definition) is 5. The summed E-state index contributed by atoms with van der Waals surface area (Å²) in [5, 5.41) is 6.42. The second-order valence-corrected chi connectivity index (χ2v) is 6.06. The average molecular weight is 346 g/mol. The van der Waals surface area contributed by atoms with E-state index in [2.05, 4.69) is 15.8 Å². The predicted molar refractivity (Wildman–Crippen MR) is 92.3 cm³/mol. The largest absolute Gasteiger partial charge is 0.494 e. The van der Waals surface area contributed by atoms with Gasteiger partial charge < -0.3 is 10.1 Å². The van der Waals surface area contributed by atoms with Gasteiger partial charge in [-0.1, -0.05) is 0 Å². The quantitative estimate of drug-likeness (QED) is 0.441. The molecule has 1 aliphatic rings. The summed E-state index contributed by atoms with van der Waals surface area (Å²) >= 11 is 0. The fourth-order valence-electron chi connectivity index (χ4n) is 2.29. The molecule has 0 saturated carbocycles. The lowest BCUT2D eigenvalue weighted by atomic mass is 10.1. The zero-order valence-corrected chi connectivity index (χ0v) is 14.5. The fourth-order valence-corrected chi connectivity index (χ4v) is 2.29. The van der Waals surface area contributed by atoms with E-state index < -0.39 is 11.6 Å². The van der Waals surface area contributed by atoms with Gasteiger partial charge in [-0.2, -0.15) is 5.10 Å². The number of benzene rings is 1. The van der Waals surface area contributed by atoms with Gasteiger partial charge in [0.2, 0.25) is 5.91 Å². The molecule has 1 heterocycles. The van der Waals surface area contributed by atoms with Gasteiger partial charge >= 0.3 is 6.03 Å². The summed E-state index contributed by atoms with van der Waals surface area (Å²) < 4.78 is 5.34. The molecule has 1 aromatic carbocycles. The van der Waals surface area contributed by atoms with Crippen molar-refractivity contribution >= 4 is 24.1 Å². The third-order valence-electron chi connectivity index (χ3n) is 3.60. The van der Waals surface area contributed by atoms with Gasteiger partial charge in [0.15, 0.2) is 0 Å². The maximum atomic E-state index is 12.0. The van der Waals surface area contributed by atoms with Crippen LogP contribution in [0.5, 0.6) is 5.75 Å². The number of carbonyl (C=O) groups excluding carboxylic acids is 3. The molecule has 4 amide bonds. The Hall–Kier alpha value is -2.90. The second-order valence-electron chi connectivity index (χ2n) is 6.06. The van der Waals surface area contributed by atoms with Gasteiger partial charge in [-0.25, -0.2) is 10.2 Å². The van der Waals surface area contributed by atoms with Crippen molar-refractivity contribution in [1.82, 2.24) is 15.6 Å². The smallest absolute Gasteiger partial charge is 0.325 e. The van der Waals surface area contributed by atoms with Crippen LogP contribution in [0.1, 0.15) is 32.8 Å². The Labute approximate surface area is 146 Å². The number of nitrogens with zero attached hydrogens (tertiary/aromatic N) is 2. The van der Waals surface area contributed by atoms with Crippen molar-refractivity contribution in [3.05, 3.63) is 29.8 Å². The molecule has 0 spiro atoms. The first-order chi connectivity index (χ1) is 11.8. The van der Waals surface area contributed by atoms with Crippen LogP contribution in [-0.2, 0) is 9.59 Å². The third kappa shape index (κ3) is 4.79. The summed E-state index contributed by atoms with van der Waals surface area (Å²) in [6.07, 6.45) is 1.49. The molecule has 134 valence electrons. The minimum atomic E-state index is -0.931. The van der Waals surface area contributed by atoms with Gasteiger partial charge in [0.05, 0.1) is 12.8 Å². The molecule has 0 unspecified atom stereocenters. The van der Waals surface area contributed by atoms with E-state index in [9.17, 15) is 14.4 Å². The molecule has 1 saturated heterocycles. The number of amides is 4. The highest BCUT2D eigenvalue weighted by Crippen LogP contribution is 2.16. The highest BCUT2D eigenvalue weighted by Gasteiger charge is 2.43. The number of urea groups is 1. The van der Waals surface area contributed by atoms with E-state index in [1.165, 1.54) is 6.21 Å². The van der Waals surface area contributed by atoms with Crippen molar-refractivity contribution in [2.24, 2.45) is 5.10 Å². The zero-order chi connectivity index (χ0) is 18.4. The first-order valence-corrected chi connectivity index (χ1v) is 8.02. The van der Waals surface area contributed by atoms with E-state index in [0.29, 0.717) is 6.61 Å². The standard InChI is InChI=1S/C17H22N4O4/c1-4-25-13-7-5-12(6-8-13)11-18-20-14(22)9-10-21-15(23)17(2,3)19-16(21)24/h5-8,11H,4,9-10H2,1-3H3,(H,19,24)(H,20,22)/b18-11-. The van der Waals surface area contributed by atoms with Crippen LogP contribution in [0.3, 0.4) is 0 Å². The number of ether oxygens (including phenoxy) is 1. The van der Waals surface area contributed by atoms with Crippen molar-refractivity contribution in [1.29, 1.82) is 0 Å². The van der Waals surface area contributed by atoms with Crippen LogP contribution in [0.4, 0.5) is 4.79 Å². The summed E-state index contributed by atoms with van der Waals surface area (Å²) in [5.41, 5.74) is 2.25. The van der Waals surface area contributed by atoms with E-state index in [1.807, 2.05) is 31.2 Å². The molecule has 1 fully saturated rings. The molecule has 0 atom stereocenters. The molecule has 1 aliphatic heterocycles. The van der Waals surface area contributed by atoms with Gasteiger partial charge in [0.1, 0.15) is 11.3 Å². The molecule has 8 nitrogen and oxygen atoms in total. The summed E-state index contributed by atoms with van der Waals surface area (Å²) in [6, 6.07) is 6.77. The Morgan fingerprint density at radius 1 is 1.32 bits per heavy atom. The van der Waals surface area contributed by atoms with Crippen LogP contribution >= 0.6 is 0 Å². The minimum absolute atomic E-state index is 0.0124. The Bertz CT molecular complexity index is 682. The van der Waals surface area contributed by atoms with E-state index >= 15 is 0 Å². The number of rotatable bonds is 7. The Morgan fingerprint density at radius 3 is 2.56 bits per heavy atom. The topological polar surface area (TPSA) is 100 Å². The van der Waals surface area contributed by atoms with Crippen LogP contribution in [0, 0.1) is 0 Å². The number of hydrogen-bond donors (Lipinski definition) is 2. The molecule has 25 heavy (non-hydrogen) atoms. The second kappa shape index (κ2) is 7.78. The van der Waals surface area contributed by atoms with Crippen LogP contribution < -0.4 is 15.5 Å². The first kappa shape index (κ1) is 18.4. The summed E-state index contributed by atoms with van der Waals surface area (Å²) in [6.45, 7) is 5.75. The lowest BCUT2D eigenvalue weighted by Crippen LogP contribution is -2.40. The van der Waals surface area contributed by atoms with Crippen molar-refractivity contribution in [3.63, 3.8) is 0 Å². The molecule has 0 aliphatic carbocycles. The van der Waals surface area contributed by atoms with Crippen LogP contribution in [-0.4, -0.2) is 47.7 Å². The summed E-state index contributed by atoms with van der Waals surface area (Å²) in [7, 11) is 0. The van der Waals surface area contributed by atoms with Crippen molar-refractivity contribution < 1.29 is 19.1 Å².